The molecular weight excluding hydrogens is 332 g/mol. The number of nitrogens with zero attached hydrogens (tertiary/aromatic N) is 1. The van der Waals surface area contributed by atoms with Crippen molar-refractivity contribution in [2.45, 2.75) is 60.8 Å². The quantitative estimate of drug-likeness (QED) is 0.443. The summed E-state index contributed by atoms with van der Waals surface area (Å²) in [6.45, 7) is 16.8. The van der Waals surface area contributed by atoms with E-state index in [4.69, 9.17) is 10.00 Å². The van der Waals surface area contributed by atoms with E-state index in [9.17, 15) is 0 Å². The molecular formula is C24H38N2O. The Labute approximate surface area is 167 Å². The van der Waals surface area contributed by atoms with Crippen molar-refractivity contribution in [2.75, 3.05) is 19.0 Å². The number of rotatable bonds is 6. The minimum absolute atomic E-state index is 0.390. The average molecular weight is 371 g/mol. The van der Waals surface area contributed by atoms with E-state index in [2.05, 4.69) is 38.7 Å². The Morgan fingerprint density at radius 3 is 2.30 bits per heavy atom. The molecule has 1 aromatic rings. The van der Waals surface area contributed by atoms with Crippen LogP contribution in [0.4, 0.5) is 5.69 Å². The van der Waals surface area contributed by atoms with Crippen molar-refractivity contribution in [1.82, 2.24) is 0 Å². The fourth-order valence-corrected chi connectivity index (χ4v) is 2.59. The van der Waals surface area contributed by atoms with E-state index in [0.29, 0.717) is 12.2 Å². The maximum atomic E-state index is 8.69. The van der Waals surface area contributed by atoms with Crippen molar-refractivity contribution in [3.63, 3.8) is 0 Å². The largest absolute Gasteiger partial charge is 0.489 e. The molecule has 1 saturated carbocycles. The third kappa shape index (κ3) is 9.33. The van der Waals surface area contributed by atoms with Gasteiger partial charge in [0.2, 0.25) is 0 Å². The van der Waals surface area contributed by atoms with Crippen LogP contribution in [0.25, 0.3) is 0 Å². The zero-order valence-corrected chi connectivity index (χ0v) is 18.4. The highest BCUT2D eigenvalue weighted by molar-refractivity contribution is 5.53. The summed E-state index contributed by atoms with van der Waals surface area (Å²) in [5, 5.41) is 11.8. The average Bonchev–Trinajstić information content (AvgIpc) is 2.72. The molecule has 3 nitrogen and oxygen atoms in total. The number of anilines is 1. The zero-order chi connectivity index (χ0) is 20.8. The van der Waals surface area contributed by atoms with Gasteiger partial charge >= 0.3 is 0 Å². The molecule has 1 aliphatic rings. The van der Waals surface area contributed by atoms with Crippen molar-refractivity contribution in [3.8, 4) is 11.8 Å². The van der Waals surface area contributed by atoms with Gasteiger partial charge in [0.25, 0.3) is 0 Å². The van der Waals surface area contributed by atoms with Crippen molar-refractivity contribution in [3.05, 3.63) is 47.6 Å². The maximum Gasteiger partial charge on any atom is 0.120 e. The van der Waals surface area contributed by atoms with Crippen LogP contribution >= 0.6 is 0 Å². The molecule has 27 heavy (non-hydrogen) atoms. The van der Waals surface area contributed by atoms with Gasteiger partial charge in [-0.25, -0.2) is 0 Å². The summed E-state index contributed by atoms with van der Waals surface area (Å²) in [4.78, 5) is 0. The van der Waals surface area contributed by atoms with Crippen LogP contribution in [0, 0.1) is 23.2 Å². The Kier molecular flexibility index (Phi) is 12.8. The summed E-state index contributed by atoms with van der Waals surface area (Å²) in [5.74, 6) is 2.88. The number of hydrogen-bond donors (Lipinski definition) is 1. The van der Waals surface area contributed by atoms with E-state index >= 15 is 0 Å². The Morgan fingerprint density at radius 2 is 1.89 bits per heavy atom. The standard InChI is InChI=1S/C16H20N2O.C6H12.C2H6/c1-5-14-9-15(6-7-16(14)18-4)19-11-13(3)8-12(2)10-17;1-5-3-4-6(5)2;1-2/h6-9,18H,3,5,11H2,1-2,4H3;5-6H,3-4H2,1-2H3;1-2H3/b12-8+;;. The lowest BCUT2D eigenvalue weighted by Gasteiger charge is -2.29. The molecule has 150 valence electrons. The van der Waals surface area contributed by atoms with E-state index in [1.54, 1.807) is 13.0 Å². The van der Waals surface area contributed by atoms with Gasteiger partial charge in [0.05, 0.1) is 6.07 Å². The van der Waals surface area contributed by atoms with E-state index in [1.165, 1.54) is 18.4 Å². The Balaban J connectivity index is 0.000000702. The van der Waals surface area contributed by atoms with Crippen LogP contribution < -0.4 is 10.1 Å². The predicted molar refractivity (Wildman–Crippen MR) is 118 cm³/mol. The van der Waals surface area contributed by atoms with Crippen molar-refractivity contribution >= 4 is 5.69 Å². The summed E-state index contributed by atoms with van der Waals surface area (Å²) in [5.41, 5.74) is 3.76. The maximum absolute atomic E-state index is 8.69. The minimum atomic E-state index is 0.390. The van der Waals surface area contributed by atoms with Gasteiger partial charge in [-0.15, -0.1) is 0 Å². The van der Waals surface area contributed by atoms with Gasteiger partial charge in [-0.05, 0) is 60.6 Å². The van der Waals surface area contributed by atoms with Gasteiger partial charge in [-0.1, -0.05) is 54.0 Å². The highest BCUT2D eigenvalue weighted by Gasteiger charge is 2.20. The monoisotopic (exact) mass is 370 g/mol. The summed E-state index contributed by atoms with van der Waals surface area (Å²) >= 11 is 0. The van der Waals surface area contributed by atoms with Crippen molar-refractivity contribution in [1.29, 1.82) is 5.26 Å². The van der Waals surface area contributed by atoms with E-state index in [-0.39, 0.29) is 0 Å². The first-order valence-electron chi connectivity index (χ1n) is 10.1. The van der Waals surface area contributed by atoms with Crippen LogP contribution in [0.15, 0.2) is 42.0 Å². The fraction of sp³-hybridized carbons (Fsp3) is 0.542. The van der Waals surface area contributed by atoms with Gasteiger partial charge in [-0.3, -0.25) is 0 Å². The molecule has 0 bridgehead atoms. The second-order valence-electron chi connectivity index (χ2n) is 6.84. The summed E-state index contributed by atoms with van der Waals surface area (Å²) in [7, 11) is 1.91. The number of nitriles is 1. The molecule has 3 heteroatoms. The van der Waals surface area contributed by atoms with E-state index in [0.717, 1.165) is 35.3 Å². The lowest BCUT2D eigenvalue weighted by molar-refractivity contribution is 0.219. The molecule has 0 saturated heterocycles. The normalized spacial score (nSPS) is 17.8. The lowest BCUT2D eigenvalue weighted by Crippen LogP contribution is -2.18. The van der Waals surface area contributed by atoms with Gasteiger partial charge in [0.15, 0.2) is 0 Å². The number of hydrogen-bond acceptors (Lipinski definition) is 3. The summed E-state index contributed by atoms with van der Waals surface area (Å²) in [6, 6.07) is 8.03. The SMILES string of the molecule is C=C(/C=C(\C)C#N)COc1ccc(NC)c(CC)c1.CC.CC1CCC1C. The topological polar surface area (TPSA) is 45.0 Å². The summed E-state index contributed by atoms with van der Waals surface area (Å²) in [6.07, 6.45) is 5.63. The lowest BCUT2D eigenvalue weighted by atomic mass is 9.77. The minimum Gasteiger partial charge on any atom is -0.489 e. The second kappa shape index (κ2) is 13.9. The molecule has 0 spiro atoms. The molecule has 1 aromatic carbocycles. The van der Waals surface area contributed by atoms with Crippen LogP contribution in [0.3, 0.4) is 0 Å². The predicted octanol–water partition coefficient (Wildman–Crippen LogP) is 6.77. The molecule has 0 aliphatic heterocycles. The van der Waals surface area contributed by atoms with Gasteiger partial charge in [0, 0.05) is 18.3 Å². The Hall–Kier alpha value is -2.21. The fourth-order valence-electron chi connectivity index (χ4n) is 2.59. The number of benzene rings is 1. The van der Waals surface area contributed by atoms with Crippen LogP contribution in [0.2, 0.25) is 0 Å². The highest BCUT2D eigenvalue weighted by Crippen LogP contribution is 2.32. The second-order valence-corrected chi connectivity index (χ2v) is 6.84. The van der Waals surface area contributed by atoms with Crippen LogP contribution in [-0.2, 0) is 6.42 Å². The molecule has 2 rings (SSSR count). The first-order valence-corrected chi connectivity index (χ1v) is 10.1. The number of aryl methyl sites for hydroxylation is 1. The Morgan fingerprint density at radius 1 is 1.30 bits per heavy atom. The smallest absolute Gasteiger partial charge is 0.120 e. The first-order chi connectivity index (χ1) is 12.9. The molecule has 1 aliphatic carbocycles. The van der Waals surface area contributed by atoms with Gasteiger partial charge in [0.1, 0.15) is 12.4 Å². The highest BCUT2D eigenvalue weighted by atomic mass is 16.5. The van der Waals surface area contributed by atoms with Crippen molar-refractivity contribution in [2.24, 2.45) is 11.8 Å². The third-order valence-corrected chi connectivity index (χ3v) is 4.80. The Bertz CT molecular complexity index is 632. The summed E-state index contributed by atoms with van der Waals surface area (Å²) < 4.78 is 5.67. The first kappa shape index (κ1) is 24.8. The van der Waals surface area contributed by atoms with Crippen LogP contribution in [0.1, 0.15) is 59.9 Å². The molecule has 1 N–H and O–H groups in total. The molecule has 0 radical (unpaired) electrons. The van der Waals surface area contributed by atoms with Gasteiger partial charge in [-0.2, -0.15) is 5.26 Å². The zero-order valence-electron chi connectivity index (χ0n) is 18.4. The molecule has 0 heterocycles. The number of nitrogens with one attached hydrogen (secondary N) is 1. The van der Waals surface area contributed by atoms with Crippen molar-refractivity contribution < 1.29 is 4.74 Å². The van der Waals surface area contributed by atoms with Gasteiger partial charge < -0.3 is 10.1 Å². The molecule has 2 atom stereocenters. The number of ether oxygens (including phenoxy) is 1. The molecule has 1 fully saturated rings. The third-order valence-electron chi connectivity index (χ3n) is 4.80. The number of allylic oxidation sites excluding steroid dienone is 1. The molecule has 0 aromatic heterocycles. The van der Waals surface area contributed by atoms with E-state index in [1.807, 2.05) is 39.1 Å². The van der Waals surface area contributed by atoms with Crippen LogP contribution in [0.5, 0.6) is 5.75 Å². The molecule has 0 amide bonds. The van der Waals surface area contributed by atoms with Crippen LogP contribution in [-0.4, -0.2) is 13.7 Å². The molecule has 2 unspecified atom stereocenters. The van der Waals surface area contributed by atoms with E-state index < -0.39 is 0 Å².